The highest BCUT2D eigenvalue weighted by molar-refractivity contribution is 9.10. The van der Waals surface area contributed by atoms with Gasteiger partial charge in [0.1, 0.15) is 11.6 Å². The van der Waals surface area contributed by atoms with Gasteiger partial charge in [0.2, 0.25) is 0 Å². The van der Waals surface area contributed by atoms with Crippen molar-refractivity contribution in [1.29, 1.82) is 0 Å². The standard InChI is InChI=1S/C19H18BrF2NO2/c20-15-5-3-14(4-6-15)19(24)23-7-1-2-18(11-23)25-12-13-8-16(21)10-17(22)9-13/h3-6,8-10,18H,1-2,7,11-12H2. The average Bonchev–Trinajstić information content (AvgIpc) is 2.59. The normalized spacial score (nSPS) is 17.6. The Labute approximate surface area is 153 Å². The Hall–Kier alpha value is -1.79. The second kappa shape index (κ2) is 8.06. The third-order valence-electron chi connectivity index (χ3n) is 4.16. The quantitative estimate of drug-likeness (QED) is 0.741. The van der Waals surface area contributed by atoms with Crippen LogP contribution in [0.5, 0.6) is 0 Å². The van der Waals surface area contributed by atoms with Gasteiger partial charge >= 0.3 is 0 Å². The third-order valence-corrected chi connectivity index (χ3v) is 4.69. The number of rotatable bonds is 4. The van der Waals surface area contributed by atoms with Gasteiger partial charge in [0, 0.05) is 29.2 Å². The van der Waals surface area contributed by atoms with Crippen LogP contribution in [0.2, 0.25) is 0 Å². The van der Waals surface area contributed by atoms with E-state index in [1.807, 2.05) is 12.1 Å². The molecule has 1 fully saturated rings. The fourth-order valence-electron chi connectivity index (χ4n) is 2.94. The van der Waals surface area contributed by atoms with Crippen LogP contribution in [0.15, 0.2) is 46.9 Å². The van der Waals surface area contributed by atoms with Gasteiger partial charge in [-0.15, -0.1) is 0 Å². The van der Waals surface area contributed by atoms with Crippen molar-refractivity contribution in [3.05, 3.63) is 69.7 Å². The summed E-state index contributed by atoms with van der Waals surface area (Å²) in [6.07, 6.45) is 1.52. The molecule has 1 unspecified atom stereocenters. The van der Waals surface area contributed by atoms with E-state index in [1.54, 1.807) is 17.0 Å². The number of piperidine rings is 1. The molecule has 3 nitrogen and oxygen atoms in total. The Kier molecular flexibility index (Phi) is 5.81. The molecular weight excluding hydrogens is 392 g/mol. The van der Waals surface area contributed by atoms with Gasteiger partial charge in [0.05, 0.1) is 12.7 Å². The first-order valence-corrected chi connectivity index (χ1v) is 8.92. The molecule has 1 amide bonds. The van der Waals surface area contributed by atoms with Crippen molar-refractivity contribution in [2.75, 3.05) is 13.1 Å². The number of halogens is 3. The van der Waals surface area contributed by atoms with Crippen LogP contribution in [-0.4, -0.2) is 30.0 Å². The maximum absolute atomic E-state index is 13.2. The second-order valence-corrected chi connectivity index (χ2v) is 7.03. The molecule has 1 saturated heterocycles. The molecule has 1 heterocycles. The van der Waals surface area contributed by atoms with Crippen LogP contribution in [0.25, 0.3) is 0 Å². The van der Waals surface area contributed by atoms with E-state index in [9.17, 15) is 13.6 Å². The van der Waals surface area contributed by atoms with E-state index in [4.69, 9.17) is 4.74 Å². The summed E-state index contributed by atoms with van der Waals surface area (Å²) < 4.78 is 33.2. The van der Waals surface area contributed by atoms with Gasteiger partial charge in [0.15, 0.2) is 0 Å². The van der Waals surface area contributed by atoms with Crippen LogP contribution in [0.1, 0.15) is 28.8 Å². The first kappa shape index (κ1) is 18.0. The molecule has 2 aromatic rings. The molecule has 2 aromatic carbocycles. The molecular formula is C19H18BrF2NO2. The van der Waals surface area contributed by atoms with E-state index < -0.39 is 11.6 Å². The molecule has 0 spiro atoms. The highest BCUT2D eigenvalue weighted by Crippen LogP contribution is 2.19. The molecule has 0 bridgehead atoms. The van der Waals surface area contributed by atoms with E-state index in [2.05, 4.69) is 15.9 Å². The van der Waals surface area contributed by atoms with Gasteiger partial charge in [-0.25, -0.2) is 8.78 Å². The fourth-order valence-corrected chi connectivity index (χ4v) is 3.21. The van der Waals surface area contributed by atoms with Crippen molar-refractivity contribution in [1.82, 2.24) is 4.90 Å². The summed E-state index contributed by atoms with van der Waals surface area (Å²) in [5.74, 6) is -1.26. The molecule has 3 rings (SSSR count). The Balaban J connectivity index is 1.59. The lowest BCUT2D eigenvalue weighted by atomic mass is 10.1. The van der Waals surface area contributed by atoms with Gasteiger partial charge in [-0.05, 0) is 54.8 Å². The predicted octanol–water partition coefficient (Wildman–Crippen LogP) is 4.55. The zero-order valence-electron chi connectivity index (χ0n) is 13.6. The lowest BCUT2D eigenvalue weighted by Gasteiger charge is -2.32. The second-order valence-electron chi connectivity index (χ2n) is 6.11. The van der Waals surface area contributed by atoms with Crippen LogP contribution in [0, 0.1) is 11.6 Å². The highest BCUT2D eigenvalue weighted by atomic mass is 79.9. The molecule has 1 atom stereocenters. The number of hydrogen-bond donors (Lipinski definition) is 0. The van der Waals surface area contributed by atoms with E-state index in [-0.39, 0.29) is 18.6 Å². The van der Waals surface area contributed by atoms with Crippen LogP contribution < -0.4 is 0 Å². The first-order chi connectivity index (χ1) is 12.0. The Morgan fingerprint density at radius 1 is 1.16 bits per heavy atom. The van der Waals surface area contributed by atoms with Crippen molar-refractivity contribution in [2.45, 2.75) is 25.6 Å². The van der Waals surface area contributed by atoms with Gasteiger partial charge in [-0.2, -0.15) is 0 Å². The summed E-state index contributed by atoms with van der Waals surface area (Å²) in [4.78, 5) is 14.3. The number of likely N-dealkylation sites (tertiary alicyclic amines) is 1. The van der Waals surface area contributed by atoms with Crippen molar-refractivity contribution in [2.24, 2.45) is 0 Å². The molecule has 0 radical (unpaired) electrons. The van der Waals surface area contributed by atoms with Gasteiger partial charge in [-0.3, -0.25) is 4.79 Å². The summed E-state index contributed by atoms with van der Waals surface area (Å²) >= 11 is 3.35. The number of carbonyl (C=O) groups is 1. The monoisotopic (exact) mass is 409 g/mol. The Morgan fingerprint density at radius 2 is 1.84 bits per heavy atom. The molecule has 0 saturated carbocycles. The molecule has 0 aromatic heterocycles. The maximum atomic E-state index is 13.2. The topological polar surface area (TPSA) is 29.5 Å². The fraction of sp³-hybridized carbons (Fsp3) is 0.316. The van der Waals surface area contributed by atoms with E-state index in [1.165, 1.54) is 12.1 Å². The molecule has 1 aliphatic heterocycles. The lowest BCUT2D eigenvalue weighted by Crippen LogP contribution is -2.43. The first-order valence-electron chi connectivity index (χ1n) is 8.12. The maximum Gasteiger partial charge on any atom is 0.253 e. The summed E-state index contributed by atoms with van der Waals surface area (Å²) in [5, 5.41) is 0. The minimum Gasteiger partial charge on any atom is -0.372 e. The molecule has 25 heavy (non-hydrogen) atoms. The molecule has 6 heteroatoms. The van der Waals surface area contributed by atoms with E-state index in [0.29, 0.717) is 24.2 Å². The summed E-state index contributed by atoms with van der Waals surface area (Å²) in [7, 11) is 0. The Bertz CT molecular complexity index is 731. The number of ether oxygens (including phenoxy) is 1. The number of hydrogen-bond acceptors (Lipinski definition) is 2. The van der Waals surface area contributed by atoms with Crippen molar-refractivity contribution < 1.29 is 18.3 Å². The van der Waals surface area contributed by atoms with Crippen molar-refractivity contribution in [3.63, 3.8) is 0 Å². The van der Waals surface area contributed by atoms with Crippen LogP contribution in [-0.2, 0) is 11.3 Å². The molecule has 1 aliphatic rings. The molecule has 0 N–H and O–H groups in total. The van der Waals surface area contributed by atoms with Gasteiger partial charge in [-0.1, -0.05) is 15.9 Å². The van der Waals surface area contributed by atoms with Gasteiger partial charge in [0.25, 0.3) is 5.91 Å². The zero-order chi connectivity index (χ0) is 17.8. The van der Waals surface area contributed by atoms with Crippen molar-refractivity contribution >= 4 is 21.8 Å². The smallest absolute Gasteiger partial charge is 0.253 e. The number of benzene rings is 2. The van der Waals surface area contributed by atoms with Crippen LogP contribution >= 0.6 is 15.9 Å². The minimum atomic E-state index is -0.616. The van der Waals surface area contributed by atoms with E-state index in [0.717, 1.165) is 23.4 Å². The summed E-state index contributed by atoms with van der Waals surface area (Å²) in [5.41, 5.74) is 1.09. The largest absolute Gasteiger partial charge is 0.372 e. The molecule has 132 valence electrons. The molecule has 0 aliphatic carbocycles. The van der Waals surface area contributed by atoms with Crippen LogP contribution in [0.3, 0.4) is 0 Å². The average molecular weight is 410 g/mol. The number of amides is 1. The number of nitrogens with zero attached hydrogens (tertiary/aromatic N) is 1. The zero-order valence-corrected chi connectivity index (χ0v) is 15.1. The Morgan fingerprint density at radius 3 is 2.52 bits per heavy atom. The SMILES string of the molecule is O=C(c1ccc(Br)cc1)N1CCCC(OCc2cc(F)cc(F)c2)C1. The summed E-state index contributed by atoms with van der Waals surface area (Å²) in [6, 6.07) is 10.6. The van der Waals surface area contributed by atoms with E-state index >= 15 is 0 Å². The predicted molar refractivity (Wildman–Crippen MR) is 94.2 cm³/mol. The highest BCUT2D eigenvalue weighted by Gasteiger charge is 2.25. The summed E-state index contributed by atoms with van der Waals surface area (Å²) in [6.45, 7) is 1.29. The van der Waals surface area contributed by atoms with Crippen molar-refractivity contribution in [3.8, 4) is 0 Å². The van der Waals surface area contributed by atoms with Gasteiger partial charge < -0.3 is 9.64 Å². The van der Waals surface area contributed by atoms with Crippen LogP contribution in [0.4, 0.5) is 8.78 Å². The third kappa shape index (κ3) is 4.86. The number of carbonyl (C=O) groups excluding carboxylic acids is 1. The lowest BCUT2D eigenvalue weighted by molar-refractivity contribution is -0.00686. The minimum absolute atomic E-state index is 0.0300.